The molecule has 9 heavy (non-hydrogen) atoms. The quantitative estimate of drug-likeness (QED) is 0.522. The van der Waals surface area contributed by atoms with Crippen LogP contribution in [0, 0.1) is 0 Å². The lowest BCUT2D eigenvalue weighted by atomic mass is 10.4. The minimum absolute atomic E-state index is 1.08. The molecule has 0 aromatic heterocycles. The SMILES string of the molecule is C1=CCCNC=C1.CC. The summed E-state index contributed by atoms with van der Waals surface area (Å²) in [5.41, 5.74) is 0. The molecule has 0 aromatic carbocycles. The van der Waals surface area contributed by atoms with Gasteiger partial charge < -0.3 is 5.32 Å². The molecule has 0 radical (unpaired) electrons. The zero-order chi connectivity index (χ0) is 6.95. The molecule has 0 fully saturated rings. The number of nitrogens with one attached hydrogen (secondary N) is 1. The fourth-order valence-corrected chi connectivity index (χ4v) is 0.548. The third kappa shape index (κ3) is 5.15. The Morgan fingerprint density at radius 1 is 1.22 bits per heavy atom. The van der Waals surface area contributed by atoms with Crippen LogP contribution in [0.3, 0.4) is 0 Å². The Kier molecular flexibility index (Phi) is 6.70. The summed E-state index contributed by atoms with van der Waals surface area (Å²) >= 11 is 0. The van der Waals surface area contributed by atoms with E-state index in [1.54, 1.807) is 0 Å². The van der Waals surface area contributed by atoms with Gasteiger partial charge in [-0.25, -0.2) is 0 Å². The van der Waals surface area contributed by atoms with Crippen molar-refractivity contribution >= 4 is 0 Å². The van der Waals surface area contributed by atoms with Crippen LogP contribution in [0.5, 0.6) is 0 Å². The first-order chi connectivity index (χ1) is 4.50. The van der Waals surface area contributed by atoms with E-state index in [0.29, 0.717) is 0 Å². The van der Waals surface area contributed by atoms with Crippen LogP contribution < -0.4 is 5.32 Å². The molecule has 0 amide bonds. The van der Waals surface area contributed by atoms with E-state index in [4.69, 9.17) is 0 Å². The molecule has 1 heteroatoms. The van der Waals surface area contributed by atoms with Crippen molar-refractivity contribution in [3.63, 3.8) is 0 Å². The summed E-state index contributed by atoms with van der Waals surface area (Å²) in [6, 6.07) is 0. The van der Waals surface area contributed by atoms with Crippen molar-refractivity contribution in [1.82, 2.24) is 5.32 Å². The van der Waals surface area contributed by atoms with Crippen LogP contribution in [0.2, 0.25) is 0 Å². The number of hydrogen-bond acceptors (Lipinski definition) is 1. The van der Waals surface area contributed by atoms with Crippen molar-refractivity contribution in [3.8, 4) is 0 Å². The van der Waals surface area contributed by atoms with E-state index in [-0.39, 0.29) is 0 Å². The van der Waals surface area contributed by atoms with Gasteiger partial charge in [-0.05, 0) is 18.7 Å². The summed E-state index contributed by atoms with van der Waals surface area (Å²) in [5.74, 6) is 0. The highest BCUT2D eigenvalue weighted by Gasteiger charge is 1.78. The fraction of sp³-hybridized carbons (Fsp3) is 0.500. The summed E-state index contributed by atoms with van der Waals surface area (Å²) in [5, 5.41) is 3.10. The smallest absolute Gasteiger partial charge is 0.0176 e. The molecule has 0 unspecified atom stereocenters. The highest BCUT2D eigenvalue weighted by molar-refractivity contribution is 5.03. The molecule has 0 saturated heterocycles. The molecule has 0 atom stereocenters. The third-order valence-corrected chi connectivity index (χ3v) is 0.917. The first-order valence-corrected chi connectivity index (χ1v) is 3.55. The lowest BCUT2D eigenvalue weighted by molar-refractivity contribution is 0.860. The molecular formula is C8H15N. The van der Waals surface area contributed by atoms with Gasteiger partial charge in [-0.15, -0.1) is 0 Å². The first kappa shape index (κ1) is 8.28. The van der Waals surface area contributed by atoms with Gasteiger partial charge >= 0.3 is 0 Å². The second-order valence-electron chi connectivity index (χ2n) is 1.53. The van der Waals surface area contributed by atoms with Crippen LogP contribution in [0.1, 0.15) is 20.3 Å². The van der Waals surface area contributed by atoms with E-state index in [0.717, 1.165) is 13.0 Å². The molecule has 0 spiro atoms. The van der Waals surface area contributed by atoms with E-state index in [1.165, 1.54) is 0 Å². The van der Waals surface area contributed by atoms with Crippen molar-refractivity contribution in [1.29, 1.82) is 0 Å². The van der Waals surface area contributed by atoms with Gasteiger partial charge in [0.05, 0.1) is 0 Å². The Bertz CT molecular complexity index is 80.7. The number of allylic oxidation sites excluding steroid dienone is 2. The highest BCUT2D eigenvalue weighted by atomic mass is 14.8. The molecule has 0 saturated carbocycles. The number of hydrogen-bond donors (Lipinski definition) is 1. The van der Waals surface area contributed by atoms with Crippen LogP contribution in [0.25, 0.3) is 0 Å². The van der Waals surface area contributed by atoms with Crippen molar-refractivity contribution in [2.45, 2.75) is 20.3 Å². The van der Waals surface area contributed by atoms with Crippen LogP contribution >= 0.6 is 0 Å². The summed E-state index contributed by atoms with van der Waals surface area (Å²) in [7, 11) is 0. The Morgan fingerprint density at radius 2 is 2.00 bits per heavy atom. The average Bonchev–Trinajstić information content (AvgIpc) is 2.21. The molecule has 52 valence electrons. The zero-order valence-corrected chi connectivity index (χ0v) is 6.22. The zero-order valence-electron chi connectivity index (χ0n) is 6.22. The van der Waals surface area contributed by atoms with E-state index in [9.17, 15) is 0 Å². The maximum Gasteiger partial charge on any atom is 0.0176 e. The van der Waals surface area contributed by atoms with Gasteiger partial charge in [0.2, 0.25) is 0 Å². The minimum atomic E-state index is 1.08. The van der Waals surface area contributed by atoms with Crippen molar-refractivity contribution in [2.75, 3.05) is 6.54 Å². The Morgan fingerprint density at radius 3 is 2.78 bits per heavy atom. The van der Waals surface area contributed by atoms with Gasteiger partial charge in [0.25, 0.3) is 0 Å². The topological polar surface area (TPSA) is 12.0 Å². The maximum atomic E-state index is 3.10. The molecule has 0 aromatic rings. The van der Waals surface area contributed by atoms with E-state index < -0.39 is 0 Å². The molecule has 1 aliphatic heterocycles. The van der Waals surface area contributed by atoms with Crippen molar-refractivity contribution < 1.29 is 0 Å². The van der Waals surface area contributed by atoms with Gasteiger partial charge in [-0.1, -0.05) is 26.0 Å². The van der Waals surface area contributed by atoms with Crippen molar-refractivity contribution in [2.24, 2.45) is 0 Å². The average molecular weight is 125 g/mol. The lowest BCUT2D eigenvalue weighted by Gasteiger charge is -1.89. The Balaban J connectivity index is 0.000000291. The molecule has 0 aliphatic carbocycles. The number of rotatable bonds is 0. The van der Waals surface area contributed by atoms with Gasteiger partial charge in [0, 0.05) is 6.54 Å². The summed E-state index contributed by atoms with van der Waals surface area (Å²) in [6.07, 6.45) is 9.32. The van der Waals surface area contributed by atoms with Gasteiger partial charge in [0.1, 0.15) is 0 Å². The molecule has 1 N–H and O–H groups in total. The minimum Gasteiger partial charge on any atom is -0.391 e. The van der Waals surface area contributed by atoms with E-state index in [1.807, 2.05) is 26.1 Å². The standard InChI is InChI=1S/C6H9N.C2H6/c1-2-4-6-7-5-3-1;1-2/h1-3,5,7H,4,6H2;1-2H3. The molecule has 1 heterocycles. The van der Waals surface area contributed by atoms with Crippen LogP contribution in [0.15, 0.2) is 24.4 Å². The fourth-order valence-electron chi connectivity index (χ4n) is 0.548. The van der Waals surface area contributed by atoms with E-state index in [2.05, 4.69) is 17.5 Å². The Labute approximate surface area is 57.5 Å². The largest absolute Gasteiger partial charge is 0.391 e. The Hall–Kier alpha value is -0.720. The molecule has 0 bridgehead atoms. The first-order valence-electron chi connectivity index (χ1n) is 3.55. The van der Waals surface area contributed by atoms with Gasteiger partial charge in [0.15, 0.2) is 0 Å². The highest BCUT2D eigenvalue weighted by Crippen LogP contribution is 1.85. The monoisotopic (exact) mass is 125 g/mol. The summed E-state index contributed by atoms with van der Waals surface area (Å²) in [6.45, 7) is 5.08. The summed E-state index contributed by atoms with van der Waals surface area (Å²) in [4.78, 5) is 0. The van der Waals surface area contributed by atoms with Crippen LogP contribution in [-0.2, 0) is 0 Å². The normalized spacial score (nSPS) is 14.9. The van der Waals surface area contributed by atoms with E-state index >= 15 is 0 Å². The van der Waals surface area contributed by atoms with Gasteiger partial charge in [-0.3, -0.25) is 0 Å². The summed E-state index contributed by atoms with van der Waals surface area (Å²) < 4.78 is 0. The van der Waals surface area contributed by atoms with Gasteiger partial charge in [-0.2, -0.15) is 0 Å². The molecule has 1 aliphatic rings. The third-order valence-electron chi connectivity index (χ3n) is 0.917. The van der Waals surface area contributed by atoms with Crippen LogP contribution in [-0.4, -0.2) is 6.54 Å². The second kappa shape index (κ2) is 7.28. The molecule has 1 rings (SSSR count). The predicted molar refractivity (Wildman–Crippen MR) is 42.2 cm³/mol. The molecular weight excluding hydrogens is 110 g/mol. The lowest BCUT2D eigenvalue weighted by Crippen LogP contribution is -2.03. The maximum absolute atomic E-state index is 3.10. The second-order valence-corrected chi connectivity index (χ2v) is 1.53. The van der Waals surface area contributed by atoms with Crippen LogP contribution in [0.4, 0.5) is 0 Å². The predicted octanol–water partition coefficient (Wildman–Crippen LogP) is 2.08. The molecule has 1 nitrogen and oxygen atoms in total. The van der Waals surface area contributed by atoms with Crippen molar-refractivity contribution in [3.05, 3.63) is 24.4 Å².